The number of aromatic nitrogens is 5. The number of aromatic amines is 1. The molecule has 0 saturated carbocycles. The summed E-state index contributed by atoms with van der Waals surface area (Å²) in [5.41, 5.74) is 6.03. The summed E-state index contributed by atoms with van der Waals surface area (Å²) in [5.74, 6) is -0.590. The van der Waals surface area contributed by atoms with Gasteiger partial charge in [-0.3, -0.25) is 9.59 Å². The van der Waals surface area contributed by atoms with Gasteiger partial charge in [0.15, 0.2) is 0 Å². The number of carbonyl (C=O) groups is 2. The number of aliphatic hydroxyl groups excluding tert-OH is 1. The van der Waals surface area contributed by atoms with E-state index in [1.165, 1.54) is 0 Å². The smallest absolute Gasteiger partial charge is 0.256 e. The number of anilines is 1. The number of halogens is 1. The Morgan fingerprint density at radius 3 is 2.92 bits per heavy atom. The summed E-state index contributed by atoms with van der Waals surface area (Å²) in [6.07, 6.45) is 0.584. The van der Waals surface area contributed by atoms with Crippen LogP contribution in [0.15, 0.2) is 36.5 Å². The van der Waals surface area contributed by atoms with Crippen molar-refractivity contribution >= 4 is 51.4 Å². The molecule has 0 fully saturated rings. The maximum absolute atomic E-state index is 13.0. The highest BCUT2D eigenvalue weighted by molar-refractivity contribution is 6.38. The minimum absolute atomic E-state index is 0.0490. The lowest BCUT2D eigenvalue weighted by Crippen LogP contribution is -2.37. The third-order valence-corrected chi connectivity index (χ3v) is 6.44. The number of nitrogens with one attached hydrogen (secondary N) is 3. The Hall–Kier alpha value is -4.22. The van der Waals surface area contributed by atoms with Crippen molar-refractivity contribution in [2.45, 2.75) is 26.9 Å². The zero-order valence-electron chi connectivity index (χ0n) is 20.3. The van der Waals surface area contributed by atoms with Gasteiger partial charge in [-0.05, 0) is 67.5 Å². The quantitative estimate of drug-likeness (QED) is 0.273. The largest absolute Gasteiger partial charge is 0.391 e. The number of nitrogens with zero attached hydrogens (tertiary/aromatic N) is 4. The van der Waals surface area contributed by atoms with Crippen LogP contribution in [0.5, 0.6) is 0 Å². The molecule has 0 radical (unpaired) electrons. The predicted octanol–water partition coefficient (Wildman–Crippen LogP) is 2.53. The Bertz CT molecular complexity index is 1570. The molecule has 1 aliphatic rings. The summed E-state index contributed by atoms with van der Waals surface area (Å²) >= 11 is 6.16. The van der Waals surface area contributed by atoms with E-state index >= 15 is 0 Å². The Morgan fingerprint density at radius 2 is 2.11 bits per heavy atom. The fourth-order valence-corrected chi connectivity index (χ4v) is 4.62. The second-order valence-corrected chi connectivity index (χ2v) is 9.17. The number of rotatable bonds is 7. The monoisotopic (exact) mass is 521 g/mol. The number of hydrogen-bond donors (Lipinski definition) is 4. The number of allylic oxidation sites excluding steroid dienone is 1. The summed E-state index contributed by atoms with van der Waals surface area (Å²) in [6.45, 7) is 5.24. The highest BCUT2D eigenvalue weighted by Crippen LogP contribution is 2.39. The lowest BCUT2D eigenvalue weighted by atomic mass is 9.97. The third-order valence-electron chi connectivity index (χ3n) is 6.21. The molecular weight excluding hydrogens is 498 g/mol. The van der Waals surface area contributed by atoms with Gasteiger partial charge >= 0.3 is 0 Å². The van der Waals surface area contributed by atoms with E-state index in [4.69, 9.17) is 16.4 Å². The van der Waals surface area contributed by atoms with Crippen LogP contribution in [0.2, 0.25) is 5.02 Å². The summed E-state index contributed by atoms with van der Waals surface area (Å²) in [5, 5.41) is 24.2. The molecule has 0 saturated heterocycles. The molecule has 11 nitrogen and oxygen atoms in total. The minimum atomic E-state index is -1.00. The van der Waals surface area contributed by atoms with Gasteiger partial charge in [-0.2, -0.15) is 0 Å². The molecule has 4 N–H and O–H groups in total. The summed E-state index contributed by atoms with van der Waals surface area (Å²) < 4.78 is 0. The van der Waals surface area contributed by atoms with E-state index < -0.39 is 6.10 Å². The normalized spacial score (nSPS) is 14.9. The first-order valence-corrected chi connectivity index (χ1v) is 11.9. The van der Waals surface area contributed by atoms with Crippen molar-refractivity contribution in [3.63, 3.8) is 0 Å². The van der Waals surface area contributed by atoms with Gasteiger partial charge in [0.2, 0.25) is 5.65 Å². The van der Waals surface area contributed by atoms with Crippen molar-refractivity contribution < 1.29 is 19.5 Å². The Kier molecular flexibility index (Phi) is 6.40. The SMILES string of the molecule is C/C(=C1/C(=O)Nc2ccc(Cl)cc21)c1[nH]c(C)c(C(=O)NCC(O)COn2nnc3cccnc32)c1C. The third kappa shape index (κ3) is 4.54. The van der Waals surface area contributed by atoms with Crippen LogP contribution in [0.1, 0.15) is 39.8 Å². The van der Waals surface area contributed by atoms with Crippen LogP contribution in [0.3, 0.4) is 0 Å². The van der Waals surface area contributed by atoms with Gasteiger partial charge in [0, 0.05) is 40.4 Å². The number of carbonyl (C=O) groups excluding carboxylic acids is 2. The molecule has 0 spiro atoms. The summed E-state index contributed by atoms with van der Waals surface area (Å²) in [7, 11) is 0. The van der Waals surface area contributed by atoms with Gasteiger partial charge in [0.05, 0.1) is 11.1 Å². The standard InChI is InChI=1S/C25H24ClN7O4/c1-12-20(24(35)28-10-16(34)11-37-33-23-19(31-32-33)5-4-8-27-23)14(3)29-22(12)13(2)21-17-9-15(26)6-7-18(17)30-25(21)36/h4-9,16,29,34H,10-11H2,1-3H3,(H,28,35)(H,30,36)/b21-13-. The van der Waals surface area contributed by atoms with Crippen molar-refractivity contribution in [2.24, 2.45) is 0 Å². The van der Waals surface area contributed by atoms with Crippen molar-refractivity contribution in [1.82, 2.24) is 30.4 Å². The molecule has 1 aliphatic heterocycles. The molecule has 190 valence electrons. The molecule has 3 aromatic heterocycles. The van der Waals surface area contributed by atoms with Crippen molar-refractivity contribution in [3.8, 4) is 0 Å². The number of hydrogen-bond acceptors (Lipinski definition) is 7. The molecular formula is C25H24ClN7O4. The van der Waals surface area contributed by atoms with Crippen LogP contribution >= 0.6 is 11.6 Å². The molecule has 0 bridgehead atoms. The number of aryl methyl sites for hydroxylation is 1. The molecule has 1 aromatic carbocycles. The Morgan fingerprint density at radius 1 is 1.30 bits per heavy atom. The molecule has 5 rings (SSSR count). The lowest BCUT2D eigenvalue weighted by Gasteiger charge is -2.13. The van der Waals surface area contributed by atoms with Crippen LogP contribution in [0.4, 0.5) is 5.69 Å². The number of fused-ring (bicyclic) bond motifs is 2. The van der Waals surface area contributed by atoms with E-state index in [9.17, 15) is 14.7 Å². The van der Waals surface area contributed by atoms with Gasteiger partial charge in [-0.25, -0.2) is 4.98 Å². The van der Waals surface area contributed by atoms with E-state index in [0.29, 0.717) is 61.1 Å². The fourth-order valence-electron chi connectivity index (χ4n) is 4.45. The predicted molar refractivity (Wildman–Crippen MR) is 138 cm³/mol. The average Bonchev–Trinajstić information content (AvgIpc) is 3.53. The van der Waals surface area contributed by atoms with E-state index in [1.54, 1.807) is 43.5 Å². The molecule has 12 heteroatoms. The first-order valence-electron chi connectivity index (χ1n) is 11.5. The zero-order valence-corrected chi connectivity index (χ0v) is 21.1. The molecule has 37 heavy (non-hydrogen) atoms. The number of H-pyrrole nitrogens is 1. The number of aliphatic hydroxyl groups is 1. The highest BCUT2D eigenvalue weighted by atomic mass is 35.5. The van der Waals surface area contributed by atoms with Crippen molar-refractivity contribution in [1.29, 1.82) is 0 Å². The van der Waals surface area contributed by atoms with Crippen LogP contribution < -0.4 is 15.5 Å². The second-order valence-electron chi connectivity index (χ2n) is 8.74. The van der Waals surface area contributed by atoms with Gasteiger partial charge in [0.25, 0.3) is 11.8 Å². The van der Waals surface area contributed by atoms with Gasteiger partial charge in [-0.1, -0.05) is 16.4 Å². The lowest BCUT2D eigenvalue weighted by molar-refractivity contribution is -0.110. The van der Waals surface area contributed by atoms with Crippen molar-refractivity contribution in [2.75, 3.05) is 18.5 Å². The minimum Gasteiger partial charge on any atom is -0.391 e. The van der Waals surface area contributed by atoms with E-state index in [2.05, 4.69) is 30.9 Å². The maximum Gasteiger partial charge on any atom is 0.256 e. The Balaban J connectivity index is 1.29. The number of amides is 2. The average molecular weight is 522 g/mol. The summed E-state index contributed by atoms with van der Waals surface area (Å²) in [4.78, 5) is 39.7. The van der Waals surface area contributed by atoms with Gasteiger partial charge in [-0.15, -0.1) is 5.10 Å². The first kappa shape index (κ1) is 24.5. The van der Waals surface area contributed by atoms with E-state index in [1.807, 2.05) is 13.8 Å². The van der Waals surface area contributed by atoms with E-state index in [0.717, 1.165) is 4.85 Å². The topological polar surface area (TPSA) is 147 Å². The first-order chi connectivity index (χ1) is 17.7. The molecule has 4 heterocycles. The van der Waals surface area contributed by atoms with Gasteiger partial charge in [0.1, 0.15) is 18.2 Å². The number of benzene rings is 1. The number of pyridine rings is 1. The highest BCUT2D eigenvalue weighted by Gasteiger charge is 2.29. The van der Waals surface area contributed by atoms with Crippen LogP contribution in [0, 0.1) is 13.8 Å². The second kappa shape index (κ2) is 9.68. The summed E-state index contributed by atoms with van der Waals surface area (Å²) in [6, 6.07) is 8.70. The molecule has 1 unspecified atom stereocenters. The fraction of sp³-hybridized carbons (Fsp3) is 0.240. The molecule has 0 aliphatic carbocycles. The van der Waals surface area contributed by atoms with Crippen LogP contribution in [-0.4, -0.2) is 61.3 Å². The Labute approximate surface area is 216 Å². The van der Waals surface area contributed by atoms with Crippen LogP contribution in [-0.2, 0) is 4.79 Å². The van der Waals surface area contributed by atoms with Crippen molar-refractivity contribution in [3.05, 3.63) is 69.6 Å². The van der Waals surface area contributed by atoms with E-state index in [-0.39, 0.29) is 25.0 Å². The molecule has 4 aromatic rings. The molecule has 1 atom stereocenters. The molecule has 2 amide bonds. The maximum atomic E-state index is 13.0. The zero-order chi connectivity index (χ0) is 26.3. The van der Waals surface area contributed by atoms with Crippen LogP contribution in [0.25, 0.3) is 22.3 Å². The van der Waals surface area contributed by atoms with Gasteiger partial charge < -0.3 is 25.6 Å².